The van der Waals surface area contributed by atoms with E-state index in [1.165, 1.54) is 6.92 Å². The van der Waals surface area contributed by atoms with Crippen LogP contribution in [0.5, 0.6) is 0 Å². The van der Waals surface area contributed by atoms with E-state index >= 15 is 0 Å². The van der Waals surface area contributed by atoms with Gasteiger partial charge in [0.1, 0.15) is 7.94 Å². The van der Waals surface area contributed by atoms with E-state index in [-0.39, 0.29) is 6.42 Å². The van der Waals surface area contributed by atoms with Gasteiger partial charge in [-0.1, -0.05) is 6.92 Å². The van der Waals surface area contributed by atoms with Gasteiger partial charge >= 0.3 is 0 Å². The Kier molecular flexibility index (Phi) is 2.50. The van der Waals surface area contributed by atoms with E-state index in [0.717, 1.165) is 0 Å². The molecule has 0 heterocycles. The Morgan fingerprint density at radius 3 is 2.12 bits per heavy atom. The Morgan fingerprint density at radius 1 is 1.75 bits per heavy atom. The minimum Gasteiger partial charge on any atom is -0.653 e. The third-order valence-corrected chi connectivity index (χ3v) is 1.56. The fourth-order valence-electron chi connectivity index (χ4n) is 0.200. The molecule has 0 atom stereocenters. The van der Waals surface area contributed by atoms with Gasteiger partial charge in [0.2, 0.25) is 0 Å². The van der Waals surface area contributed by atoms with Crippen LogP contribution in [0.15, 0.2) is 0 Å². The predicted molar refractivity (Wildman–Crippen MR) is 24.4 cm³/mol. The lowest BCUT2D eigenvalue weighted by molar-refractivity contribution is -0.327. The van der Waals surface area contributed by atoms with E-state index in [1.807, 2.05) is 0 Å². The van der Waals surface area contributed by atoms with Crippen LogP contribution in [-0.2, 0) is 4.79 Å². The first kappa shape index (κ1) is 7.98. The largest absolute Gasteiger partial charge is 0.653 e. The Hall–Kier alpha value is -0.0200. The zero-order chi connectivity index (χ0) is 6.78. The molecule has 0 aliphatic rings. The third-order valence-electron chi connectivity index (χ3n) is 0.618. The van der Waals surface area contributed by atoms with Gasteiger partial charge in [0.15, 0.2) is 0 Å². The summed E-state index contributed by atoms with van der Waals surface area (Å²) in [6.07, 6.45) is -0.169. The van der Waals surface area contributed by atoms with Crippen molar-refractivity contribution in [3.05, 3.63) is 0 Å². The summed E-state index contributed by atoms with van der Waals surface area (Å²) in [6, 6.07) is 0. The molecular weight excluding hydrogens is 131 g/mol. The molecule has 0 radical (unpaired) electrons. The summed E-state index contributed by atoms with van der Waals surface area (Å²) in [5.74, 6) is 0. The SMILES string of the molecule is CCC(=O)[P+]([O-])([O-])O. The van der Waals surface area contributed by atoms with Crippen molar-refractivity contribution in [2.45, 2.75) is 13.3 Å². The van der Waals surface area contributed by atoms with Crippen molar-refractivity contribution in [1.29, 1.82) is 0 Å². The van der Waals surface area contributed by atoms with Gasteiger partial charge in [0.05, 0.1) is 0 Å². The monoisotopic (exact) mass is 137 g/mol. The first-order valence-electron chi connectivity index (χ1n) is 2.05. The minimum absolute atomic E-state index is 0.169. The van der Waals surface area contributed by atoms with E-state index < -0.39 is 13.5 Å². The Morgan fingerprint density at radius 2 is 2.12 bits per heavy atom. The van der Waals surface area contributed by atoms with Gasteiger partial charge in [-0.2, -0.15) is 0 Å². The van der Waals surface area contributed by atoms with Crippen LogP contribution in [0.1, 0.15) is 13.3 Å². The van der Waals surface area contributed by atoms with Gasteiger partial charge in [-0.25, -0.2) is 0 Å². The predicted octanol–water partition coefficient (Wildman–Crippen LogP) is -1.60. The molecule has 1 N–H and O–H groups in total. The fourth-order valence-corrected chi connectivity index (χ4v) is 0.599. The van der Waals surface area contributed by atoms with E-state index in [9.17, 15) is 14.6 Å². The Balaban J connectivity index is 3.82. The van der Waals surface area contributed by atoms with E-state index in [0.29, 0.717) is 0 Å². The molecule has 4 nitrogen and oxygen atoms in total. The van der Waals surface area contributed by atoms with Gasteiger partial charge < -0.3 is 9.79 Å². The van der Waals surface area contributed by atoms with Crippen LogP contribution >= 0.6 is 7.94 Å². The summed E-state index contributed by atoms with van der Waals surface area (Å²) >= 11 is 0. The highest BCUT2D eigenvalue weighted by molar-refractivity contribution is 7.73. The quantitative estimate of drug-likeness (QED) is 0.464. The topological polar surface area (TPSA) is 83.4 Å². The standard InChI is InChI=1S/C3H7O4P/c1-2-3(4)8(5,6)7/h2H2,1H3,(H2,5,6,7)/p-1. The third kappa shape index (κ3) is 2.33. The van der Waals surface area contributed by atoms with Crippen LogP contribution in [-0.4, -0.2) is 10.4 Å². The number of carbonyl (C=O) groups is 1. The minimum atomic E-state index is -4.65. The summed E-state index contributed by atoms with van der Waals surface area (Å²) in [5, 5.41) is 0. The highest BCUT2D eigenvalue weighted by Crippen LogP contribution is 2.35. The molecular formula is C3H6O4P-. The molecule has 0 unspecified atom stereocenters. The molecule has 0 rings (SSSR count). The first-order valence-corrected chi connectivity index (χ1v) is 3.63. The number of carbonyl (C=O) groups excluding carboxylic acids is 1. The zero-order valence-corrected chi connectivity index (χ0v) is 5.22. The maximum absolute atomic E-state index is 10.0. The molecule has 0 amide bonds. The average Bonchev–Trinajstić information content (AvgIpc) is 1.62. The Bertz CT molecular complexity index is 93.9. The second-order valence-corrected chi connectivity index (χ2v) is 2.81. The van der Waals surface area contributed by atoms with Crippen LogP contribution < -0.4 is 9.79 Å². The van der Waals surface area contributed by atoms with Crippen LogP contribution in [0.4, 0.5) is 0 Å². The lowest BCUT2D eigenvalue weighted by Crippen LogP contribution is -2.27. The average molecular weight is 137 g/mol. The molecule has 0 aromatic carbocycles. The van der Waals surface area contributed by atoms with Gasteiger partial charge in [-0.3, -0.25) is 9.69 Å². The number of hydrogen-bond acceptors (Lipinski definition) is 4. The van der Waals surface area contributed by atoms with Crippen molar-refractivity contribution in [1.82, 2.24) is 0 Å². The van der Waals surface area contributed by atoms with Crippen molar-refractivity contribution < 1.29 is 19.5 Å². The molecule has 0 aromatic rings. The van der Waals surface area contributed by atoms with Crippen molar-refractivity contribution in [2.75, 3.05) is 0 Å². The van der Waals surface area contributed by atoms with E-state index in [4.69, 9.17) is 4.89 Å². The van der Waals surface area contributed by atoms with Gasteiger partial charge in [-0.05, 0) is 0 Å². The van der Waals surface area contributed by atoms with Gasteiger partial charge in [0, 0.05) is 6.42 Å². The summed E-state index contributed by atoms with van der Waals surface area (Å²) in [6.45, 7) is 1.36. The molecule has 0 aliphatic heterocycles. The van der Waals surface area contributed by atoms with Crippen LogP contribution in [0.25, 0.3) is 0 Å². The molecule has 48 valence electrons. The second kappa shape index (κ2) is 2.51. The summed E-state index contributed by atoms with van der Waals surface area (Å²) in [5.41, 5.74) is -1.11. The van der Waals surface area contributed by atoms with Crippen molar-refractivity contribution in [2.24, 2.45) is 0 Å². The maximum Gasteiger partial charge on any atom is 0.286 e. The van der Waals surface area contributed by atoms with Crippen molar-refractivity contribution >= 4 is 13.5 Å². The molecule has 0 saturated carbocycles. The van der Waals surface area contributed by atoms with Crippen molar-refractivity contribution in [3.8, 4) is 0 Å². The molecule has 5 heteroatoms. The lowest BCUT2D eigenvalue weighted by atomic mass is 10.6. The number of hydrogen-bond donors (Lipinski definition) is 1. The molecule has 0 spiro atoms. The first-order chi connectivity index (χ1) is 3.48. The van der Waals surface area contributed by atoms with E-state index in [2.05, 4.69) is 0 Å². The fraction of sp³-hybridized carbons (Fsp3) is 0.667. The highest BCUT2D eigenvalue weighted by Gasteiger charge is 2.17. The summed E-state index contributed by atoms with van der Waals surface area (Å²) in [4.78, 5) is 37.5. The molecule has 0 aliphatic carbocycles. The van der Waals surface area contributed by atoms with Gasteiger partial charge in [0.25, 0.3) is 5.52 Å². The van der Waals surface area contributed by atoms with Crippen LogP contribution in [0, 0.1) is 0 Å². The lowest BCUT2D eigenvalue weighted by Gasteiger charge is -2.23. The molecule has 8 heavy (non-hydrogen) atoms. The maximum atomic E-state index is 10.0. The van der Waals surface area contributed by atoms with Gasteiger partial charge in [-0.15, -0.1) is 0 Å². The van der Waals surface area contributed by atoms with Crippen molar-refractivity contribution in [3.63, 3.8) is 0 Å². The molecule has 0 aromatic heterocycles. The summed E-state index contributed by atoms with van der Waals surface area (Å²) < 4.78 is 0. The molecule has 0 saturated heterocycles. The smallest absolute Gasteiger partial charge is 0.286 e. The number of rotatable bonds is 2. The Labute approximate surface area is 47.4 Å². The van der Waals surface area contributed by atoms with E-state index in [1.54, 1.807) is 0 Å². The van der Waals surface area contributed by atoms with Crippen LogP contribution in [0.2, 0.25) is 0 Å². The second-order valence-electron chi connectivity index (χ2n) is 1.27. The molecule has 0 fully saturated rings. The highest BCUT2D eigenvalue weighted by atomic mass is 31.2. The zero-order valence-electron chi connectivity index (χ0n) is 4.33. The van der Waals surface area contributed by atoms with Crippen LogP contribution in [0.3, 0.4) is 0 Å². The molecule has 0 bridgehead atoms. The normalized spacial score (nSPS) is 11.5. The summed E-state index contributed by atoms with van der Waals surface area (Å²) in [7, 11) is -4.65.